The van der Waals surface area contributed by atoms with Gasteiger partial charge in [0.1, 0.15) is 0 Å². The van der Waals surface area contributed by atoms with Crippen LogP contribution in [0.15, 0.2) is 4.99 Å². The summed E-state index contributed by atoms with van der Waals surface area (Å²) in [7, 11) is -1.19. The lowest BCUT2D eigenvalue weighted by molar-refractivity contribution is 0.258. The smallest absolute Gasteiger partial charge is 0.211 e. The molecule has 0 spiro atoms. The minimum Gasteiger partial charge on any atom is -0.356 e. The van der Waals surface area contributed by atoms with E-state index in [2.05, 4.69) is 22.1 Å². The summed E-state index contributed by atoms with van der Waals surface area (Å²) >= 11 is 0. The van der Waals surface area contributed by atoms with Gasteiger partial charge in [-0.3, -0.25) is 4.99 Å². The summed E-state index contributed by atoms with van der Waals surface area (Å²) in [5, 5.41) is 3.49. The van der Waals surface area contributed by atoms with Gasteiger partial charge >= 0.3 is 0 Å². The average molecular weight is 458 g/mol. The first-order valence-corrected chi connectivity index (χ1v) is 10.2. The zero-order valence-corrected chi connectivity index (χ0v) is 17.6. The SMILES string of the molecule is CN=C(NCC1CCN(S(C)(=O)=O)CC1)N1CCC(C)CC1.I. The first-order chi connectivity index (χ1) is 10.4. The van der Waals surface area contributed by atoms with Crippen LogP contribution in [0.3, 0.4) is 0 Å². The quantitative estimate of drug-likeness (QED) is 0.397. The van der Waals surface area contributed by atoms with Gasteiger partial charge in [-0.1, -0.05) is 6.92 Å². The van der Waals surface area contributed by atoms with Crippen LogP contribution in [0, 0.1) is 11.8 Å². The number of piperidine rings is 2. The van der Waals surface area contributed by atoms with Crippen molar-refractivity contribution in [1.82, 2.24) is 14.5 Å². The maximum Gasteiger partial charge on any atom is 0.211 e. The molecule has 0 aliphatic carbocycles. The summed E-state index contributed by atoms with van der Waals surface area (Å²) in [5.41, 5.74) is 0. The van der Waals surface area contributed by atoms with E-state index in [0.29, 0.717) is 19.0 Å². The molecule has 0 aromatic carbocycles. The minimum atomic E-state index is -3.03. The van der Waals surface area contributed by atoms with E-state index in [1.807, 2.05) is 7.05 Å². The van der Waals surface area contributed by atoms with Crippen LogP contribution in [0.4, 0.5) is 0 Å². The van der Waals surface area contributed by atoms with Gasteiger partial charge in [0.15, 0.2) is 5.96 Å². The third-order valence-corrected chi connectivity index (χ3v) is 6.19. The molecule has 8 heteroatoms. The fourth-order valence-electron chi connectivity index (χ4n) is 3.23. The number of nitrogens with one attached hydrogen (secondary N) is 1. The third kappa shape index (κ3) is 6.38. The molecule has 136 valence electrons. The highest BCUT2D eigenvalue weighted by Crippen LogP contribution is 2.19. The number of guanidine groups is 1. The predicted octanol–water partition coefficient (Wildman–Crippen LogP) is 1.58. The monoisotopic (exact) mass is 458 g/mol. The Bertz CT molecular complexity index is 482. The molecule has 23 heavy (non-hydrogen) atoms. The Kier molecular flexibility index (Phi) is 8.57. The van der Waals surface area contributed by atoms with Crippen molar-refractivity contribution in [2.75, 3.05) is 46.0 Å². The number of nitrogens with zero attached hydrogens (tertiary/aromatic N) is 3. The van der Waals surface area contributed by atoms with Crippen molar-refractivity contribution in [1.29, 1.82) is 0 Å². The van der Waals surface area contributed by atoms with E-state index in [1.165, 1.54) is 19.1 Å². The van der Waals surface area contributed by atoms with Crippen molar-refractivity contribution in [3.05, 3.63) is 0 Å². The Morgan fingerprint density at radius 1 is 1.13 bits per heavy atom. The lowest BCUT2D eigenvalue weighted by Gasteiger charge is -2.34. The fourth-order valence-corrected chi connectivity index (χ4v) is 4.11. The van der Waals surface area contributed by atoms with Gasteiger partial charge in [-0.15, -0.1) is 24.0 Å². The minimum absolute atomic E-state index is 0. The number of likely N-dealkylation sites (tertiary alicyclic amines) is 1. The molecular weight excluding hydrogens is 427 g/mol. The van der Waals surface area contributed by atoms with Gasteiger partial charge in [-0.2, -0.15) is 0 Å². The molecule has 0 unspecified atom stereocenters. The zero-order chi connectivity index (χ0) is 16.2. The number of aliphatic imine (C=N–C) groups is 1. The van der Waals surface area contributed by atoms with Gasteiger partial charge < -0.3 is 10.2 Å². The van der Waals surface area contributed by atoms with Gasteiger partial charge in [0.25, 0.3) is 0 Å². The van der Waals surface area contributed by atoms with Crippen LogP contribution in [-0.2, 0) is 10.0 Å². The molecule has 0 aromatic heterocycles. The van der Waals surface area contributed by atoms with Crippen LogP contribution in [0.25, 0.3) is 0 Å². The van der Waals surface area contributed by atoms with E-state index in [9.17, 15) is 8.42 Å². The Morgan fingerprint density at radius 3 is 2.17 bits per heavy atom. The second-order valence-corrected chi connectivity index (χ2v) is 8.69. The number of hydrogen-bond acceptors (Lipinski definition) is 3. The molecule has 2 rings (SSSR count). The molecule has 0 saturated carbocycles. The first-order valence-electron chi connectivity index (χ1n) is 8.31. The summed E-state index contributed by atoms with van der Waals surface area (Å²) < 4.78 is 24.6. The van der Waals surface area contributed by atoms with Gasteiger partial charge in [0, 0.05) is 39.8 Å². The molecule has 6 nitrogen and oxygen atoms in total. The average Bonchev–Trinajstić information content (AvgIpc) is 2.49. The molecule has 2 aliphatic heterocycles. The van der Waals surface area contributed by atoms with E-state index in [-0.39, 0.29) is 24.0 Å². The predicted molar refractivity (Wildman–Crippen MR) is 106 cm³/mol. The molecule has 0 aromatic rings. The molecule has 0 amide bonds. The number of rotatable bonds is 3. The molecule has 2 fully saturated rings. The highest BCUT2D eigenvalue weighted by molar-refractivity contribution is 14.0. The van der Waals surface area contributed by atoms with Crippen LogP contribution < -0.4 is 5.32 Å². The van der Waals surface area contributed by atoms with Crippen LogP contribution >= 0.6 is 24.0 Å². The Morgan fingerprint density at radius 2 is 1.70 bits per heavy atom. The Labute approximate surface area is 158 Å². The highest BCUT2D eigenvalue weighted by atomic mass is 127. The van der Waals surface area contributed by atoms with E-state index in [1.54, 1.807) is 4.31 Å². The number of hydrogen-bond donors (Lipinski definition) is 1. The zero-order valence-electron chi connectivity index (χ0n) is 14.5. The van der Waals surface area contributed by atoms with E-state index >= 15 is 0 Å². The summed E-state index contributed by atoms with van der Waals surface area (Å²) in [6.07, 6.45) is 5.61. The lowest BCUT2D eigenvalue weighted by atomic mass is 9.98. The summed E-state index contributed by atoms with van der Waals surface area (Å²) in [4.78, 5) is 6.74. The second-order valence-electron chi connectivity index (χ2n) is 6.70. The van der Waals surface area contributed by atoms with Gasteiger partial charge in [-0.05, 0) is 37.5 Å². The molecule has 1 N–H and O–H groups in total. The van der Waals surface area contributed by atoms with E-state index < -0.39 is 10.0 Å². The van der Waals surface area contributed by atoms with Gasteiger partial charge in [0.2, 0.25) is 10.0 Å². The molecule has 0 bridgehead atoms. The van der Waals surface area contributed by atoms with Crippen LogP contribution in [0.1, 0.15) is 32.6 Å². The summed E-state index contributed by atoms with van der Waals surface area (Å²) in [5.74, 6) is 2.34. The second kappa shape index (κ2) is 9.41. The third-order valence-electron chi connectivity index (χ3n) is 4.89. The van der Waals surface area contributed by atoms with Crippen molar-refractivity contribution in [2.45, 2.75) is 32.6 Å². The van der Waals surface area contributed by atoms with Crippen molar-refractivity contribution >= 4 is 40.0 Å². The molecule has 0 radical (unpaired) electrons. The first kappa shape index (κ1) is 21.0. The van der Waals surface area contributed by atoms with Crippen molar-refractivity contribution in [3.8, 4) is 0 Å². The standard InChI is InChI=1S/C15H30N4O2S.HI/c1-13-4-8-18(9-5-13)15(16-2)17-12-14-6-10-19(11-7-14)22(3,20)21;/h13-14H,4-12H2,1-3H3,(H,16,17);1H. The van der Waals surface area contributed by atoms with Crippen LogP contribution in [0.5, 0.6) is 0 Å². The van der Waals surface area contributed by atoms with Gasteiger partial charge in [-0.25, -0.2) is 12.7 Å². The topological polar surface area (TPSA) is 65.0 Å². The van der Waals surface area contributed by atoms with E-state index in [4.69, 9.17) is 0 Å². The summed E-state index contributed by atoms with van der Waals surface area (Å²) in [6, 6.07) is 0. The van der Waals surface area contributed by atoms with Crippen molar-refractivity contribution < 1.29 is 8.42 Å². The maximum atomic E-state index is 11.5. The van der Waals surface area contributed by atoms with Crippen LogP contribution in [0.2, 0.25) is 0 Å². The van der Waals surface area contributed by atoms with Crippen molar-refractivity contribution in [3.63, 3.8) is 0 Å². The Hall–Kier alpha value is -0.0900. The molecular formula is C15H31IN4O2S. The highest BCUT2D eigenvalue weighted by Gasteiger charge is 2.25. The number of halogens is 1. The Balaban J connectivity index is 0.00000264. The number of sulfonamides is 1. The molecule has 0 atom stereocenters. The van der Waals surface area contributed by atoms with Gasteiger partial charge in [0.05, 0.1) is 6.26 Å². The van der Waals surface area contributed by atoms with Crippen molar-refractivity contribution in [2.24, 2.45) is 16.8 Å². The normalized spacial score (nSPS) is 22.7. The molecule has 2 aliphatic rings. The maximum absolute atomic E-state index is 11.5. The lowest BCUT2D eigenvalue weighted by Crippen LogP contribution is -2.47. The summed E-state index contributed by atoms with van der Waals surface area (Å²) in [6.45, 7) is 6.64. The van der Waals surface area contributed by atoms with E-state index in [0.717, 1.165) is 44.4 Å². The molecule has 2 heterocycles. The molecule has 2 saturated heterocycles. The van der Waals surface area contributed by atoms with Crippen LogP contribution in [-0.4, -0.2) is 69.6 Å². The largest absolute Gasteiger partial charge is 0.356 e. The fraction of sp³-hybridized carbons (Fsp3) is 0.933.